The monoisotopic (exact) mass is 221 g/mol. The highest BCUT2D eigenvalue weighted by atomic mass is 35.5. The van der Waals surface area contributed by atoms with Crippen LogP contribution in [0.1, 0.15) is 10.9 Å². The molecule has 0 bridgehead atoms. The van der Waals surface area contributed by atoms with Crippen LogP contribution in [-0.2, 0) is 0 Å². The maximum absolute atomic E-state index is 6.01. The van der Waals surface area contributed by atoms with Crippen LogP contribution >= 0.6 is 34.7 Å². The van der Waals surface area contributed by atoms with Crippen molar-refractivity contribution in [2.24, 2.45) is 0 Å². The zero-order chi connectivity index (χ0) is 8.97. The minimum atomic E-state index is 0.396. The Labute approximate surface area is 86.5 Å². The molecule has 68 valence electrons. The van der Waals surface area contributed by atoms with E-state index in [4.69, 9.17) is 11.6 Å². The molecule has 0 amide bonds. The number of nitrogens with one attached hydrogen (secondary N) is 1. The van der Waals surface area contributed by atoms with E-state index >= 15 is 0 Å². The van der Waals surface area contributed by atoms with Crippen molar-refractivity contribution in [3.63, 3.8) is 0 Å². The van der Waals surface area contributed by atoms with E-state index in [0.717, 1.165) is 10.8 Å². The van der Waals surface area contributed by atoms with Crippen molar-refractivity contribution in [3.8, 4) is 0 Å². The van der Waals surface area contributed by atoms with E-state index in [-0.39, 0.29) is 0 Å². The Hall–Kier alpha value is 0.300. The lowest BCUT2D eigenvalue weighted by Crippen LogP contribution is -2.17. The van der Waals surface area contributed by atoms with Crippen molar-refractivity contribution >= 4 is 34.7 Å². The molecule has 1 unspecified atom stereocenters. The summed E-state index contributed by atoms with van der Waals surface area (Å²) in [6.07, 6.45) is 2.10. The molecule has 0 spiro atoms. The molecule has 0 aliphatic rings. The smallest absolute Gasteiger partial charge is 0.0561 e. The second-order valence-electron chi connectivity index (χ2n) is 2.43. The van der Waals surface area contributed by atoms with E-state index in [0.29, 0.717) is 6.04 Å². The van der Waals surface area contributed by atoms with E-state index in [1.165, 1.54) is 4.88 Å². The largest absolute Gasteiger partial charge is 0.312 e. The average Bonchev–Trinajstić information content (AvgIpc) is 2.47. The molecule has 0 saturated heterocycles. The lowest BCUT2D eigenvalue weighted by Gasteiger charge is -2.13. The van der Waals surface area contributed by atoms with Gasteiger partial charge in [0.1, 0.15) is 0 Å². The van der Waals surface area contributed by atoms with E-state index in [2.05, 4.69) is 11.6 Å². The summed E-state index contributed by atoms with van der Waals surface area (Å²) in [6.45, 7) is 0. The number of thiophene rings is 1. The molecular weight excluding hydrogens is 210 g/mol. The highest BCUT2D eigenvalue weighted by Crippen LogP contribution is 2.29. The van der Waals surface area contributed by atoms with Crippen LogP contribution in [0.25, 0.3) is 0 Å². The lowest BCUT2D eigenvalue weighted by molar-refractivity contribution is 0.674. The van der Waals surface area contributed by atoms with Crippen molar-refractivity contribution in [1.29, 1.82) is 0 Å². The van der Waals surface area contributed by atoms with Gasteiger partial charge in [-0.1, -0.05) is 11.6 Å². The van der Waals surface area contributed by atoms with Gasteiger partial charge >= 0.3 is 0 Å². The summed E-state index contributed by atoms with van der Waals surface area (Å²) >= 11 is 9.55. The summed E-state index contributed by atoms with van der Waals surface area (Å²) in [4.78, 5) is 1.24. The second-order valence-corrected chi connectivity index (χ2v) is 4.69. The zero-order valence-electron chi connectivity index (χ0n) is 7.13. The molecule has 1 heterocycles. The van der Waals surface area contributed by atoms with Gasteiger partial charge in [-0.2, -0.15) is 11.8 Å². The fourth-order valence-corrected chi connectivity index (χ4v) is 3.08. The average molecular weight is 222 g/mol. The van der Waals surface area contributed by atoms with E-state index in [1.807, 2.05) is 30.3 Å². The molecular formula is C8H12ClNS2. The predicted octanol–water partition coefficient (Wildman–Crippen LogP) is 3.03. The maximum Gasteiger partial charge on any atom is 0.0561 e. The Morgan fingerprint density at radius 3 is 2.92 bits per heavy atom. The van der Waals surface area contributed by atoms with Gasteiger partial charge < -0.3 is 5.32 Å². The van der Waals surface area contributed by atoms with Gasteiger partial charge in [0.25, 0.3) is 0 Å². The fourth-order valence-electron chi connectivity index (χ4n) is 1.01. The summed E-state index contributed by atoms with van der Waals surface area (Å²) in [6, 6.07) is 2.35. The predicted molar refractivity (Wildman–Crippen MR) is 59.5 cm³/mol. The standard InChI is InChI=1S/C8H12ClNS2/c1-10-7(5-11-2)8-6(9)3-4-12-8/h3-4,7,10H,5H2,1-2H3. The molecule has 0 aromatic carbocycles. The van der Waals surface area contributed by atoms with Gasteiger partial charge in [-0.3, -0.25) is 0 Å². The van der Waals surface area contributed by atoms with Gasteiger partial charge in [-0.05, 0) is 24.7 Å². The van der Waals surface area contributed by atoms with E-state index in [1.54, 1.807) is 11.3 Å². The van der Waals surface area contributed by atoms with Crippen LogP contribution in [0.15, 0.2) is 11.4 Å². The van der Waals surface area contributed by atoms with Gasteiger partial charge in [0.2, 0.25) is 0 Å². The second kappa shape index (κ2) is 5.12. The maximum atomic E-state index is 6.01. The fraction of sp³-hybridized carbons (Fsp3) is 0.500. The van der Waals surface area contributed by atoms with E-state index in [9.17, 15) is 0 Å². The van der Waals surface area contributed by atoms with Crippen LogP contribution in [0.2, 0.25) is 5.02 Å². The first kappa shape index (κ1) is 10.4. The minimum Gasteiger partial charge on any atom is -0.312 e. The zero-order valence-corrected chi connectivity index (χ0v) is 9.52. The molecule has 1 nitrogen and oxygen atoms in total. The molecule has 1 aromatic heterocycles. The van der Waals surface area contributed by atoms with Crippen LogP contribution < -0.4 is 5.32 Å². The van der Waals surface area contributed by atoms with Gasteiger partial charge in [0, 0.05) is 10.6 Å². The van der Waals surface area contributed by atoms with Crippen LogP contribution in [0.4, 0.5) is 0 Å². The third kappa shape index (κ3) is 2.39. The Bertz CT molecular complexity index is 237. The number of hydrogen-bond acceptors (Lipinski definition) is 3. The third-order valence-electron chi connectivity index (χ3n) is 1.64. The highest BCUT2D eigenvalue weighted by Gasteiger charge is 2.12. The molecule has 1 aromatic rings. The first-order valence-corrected chi connectivity index (χ1v) is 6.33. The molecule has 0 saturated carbocycles. The van der Waals surface area contributed by atoms with Crippen LogP contribution in [-0.4, -0.2) is 19.1 Å². The van der Waals surface area contributed by atoms with E-state index < -0.39 is 0 Å². The van der Waals surface area contributed by atoms with Crippen LogP contribution in [0.3, 0.4) is 0 Å². The quantitative estimate of drug-likeness (QED) is 0.839. The minimum absolute atomic E-state index is 0.396. The number of rotatable bonds is 4. The van der Waals surface area contributed by atoms with Crippen LogP contribution in [0.5, 0.6) is 0 Å². The summed E-state index contributed by atoms with van der Waals surface area (Å²) in [5.41, 5.74) is 0. The Morgan fingerprint density at radius 1 is 1.75 bits per heavy atom. The van der Waals surface area contributed by atoms with Gasteiger partial charge in [0.05, 0.1) is 11.1 Å². The van der Waals surface area contributed by atoms with Gasteiger partial charge in [0.15, 0.2) is 0 Å². The summed E-state index contributed by atoms with van der Waals surface area (Å²) < 4.78 is 0. The van der Waals surface area contributed by atoms with Crippen molar-refractivity contribution in [1.82, 2.24) is 5.32 Å². The first-order valence-electron chi connectivity index (χ1n) is 3.68. The Morgan fingerprint density at radius 2 is 2.50 bits per heavy atom. The lowest BCUT2D eigenvalue weighted by atomic mass is 10.3. The summed E-state index contributed by atoms with van der Waals surface area (Å²) in [5.74, 6) is 1.07. The molecule has 1 rings (SSSR count). The van der Waals surface area contributed by atoms with Crippen molar-refractivity contribution < 1.29 is 0 Å². The molecule has 1 N–H and O–H groups in total. The SMILES string of the molecule is CNC(CSC)c1sccc1Cl. The number of halogens is 1. The summed E-state index contributed by atoms with van der Waals surface area (Å²) in [7, 11) is 1.97. The summed E-state index contributed by atoms with van der Waals surface area (Å²) in [5, 5.41) is 6.16. The van der Waals surface area contributed by atoms with Crippen molar-refractivity contribution in [3.05, 3.63) is 21.3 Å². The normalized spacial score (nSPS) is 13.2. The molecule has 0 aliphatic carbocycles. The number of hydrogen-bond donors (Lipinski definition) is 1. The van der Waals surface area contributed by atoms with Crippen molar-refractivity contribution in [2.75, 3.05) is 19.1 Å². The first-order chi connectivity index (χ1) is 5.79. The van der Waals surface area contributed by atoms with Crippen LogP contribution in [0, 0.1) is 0 Å². The molecule has 12 heavy (non-hydrogen) atoms. The van der Waals surface area contributed by atoms with Gasteiger partial charge in [-0.25, -0.2) is 0 Å². The third-order valence-corrected chi connectivity index (χ3v) is 3.78. The molecule has 4 heteroatoms. The topological polar surface area (TPSA) is 12.0 Å². The molecule has 0 fully saturated rings. The Kier molecular flexibility index (Phi) is 4.43. The van der Waals surface area contributed by atoms with Crippen molar-refractivity contribution in [2.45, 2.75) is 6.04 Å². The Balaban J connectivity index is 2.72. The van der Waals surface area contributed by atoms with Gasteiger partial charge in [-0.15, -0.1) is 11.3 Å². The highest BCUT2D eigenvalue weighted by molar-refractivity contribution is 7.98. The molecule has 1 atom stereocenters. The molecule has 0 radical (unpaired) electrons. The number of thioether (sulfide) groups is 1. The molecule has 0 aliphatic heterocycles.